The predicted octanol–water partition coefficient (Wildman–Crippen LogP) is 2.73. The minimum atomic E-state index is -2.41. The highest BCUT2D eigenvalue weighted by Gasteiger charge is 2.14. The lowest BCUT2D eigenvalue weighted by atomic mass is 10.0. The summed E-state index contributed by atoms with van der Waals surface area (Å²) in [7, 11) is 1.18. The Balaban J connectivity index is 3.17. The summed E-state index contributed by atoms with van der Waals surface area (Å²) in [6.07, 6.45) is 0. The van der Waals surface area contributed by atoms with Crippen LogP contribution >= 0.6 is 15.9 Å². The number of rotatable bonds is 2. The van der Waals surface area contributed by atoms with Crippen molar-refractivity contribution in [1.29, 1.82) is 0 Å². The number of carbonyl (C=O) groups excluding carboxylic acids is 1. The highest BCUT2D eigenvalue weighted by molar-refractivity contribution is 9.10. The minimum Gasteiger partial charge on any atom is -0.469 e. The van der Waals surface area contributed by atoms with Gasteiger partial charge < -0.3 is 4.74 Å². The van der Waals surface area contributed by atoms with E-state index in [1.165, 1.54) is 7.11 Å². The second-order valence-corrected chi connectivity index (χ2v) is 3.43. The van der Waals surface area contributed by atoms with Crippen LogP contribution in [0.1, 0.15) is 22.4 Å². The van der Waals surface area contributed by atoms with E-state index < -0.39 is 18.7 Å². The van der Waals surface area contributed by atoms with E-state index in [0.29, 0.717) is 5.56 Å². The van der Waals surface area contributed by atoms with Gasteiger partial charge in [-0.25, -0.2) is 0 Å². The van der Waals surface area contributed by atoms with Crippen LogP contribution in [0.4, 0.5) is 0 Å². The van der Waals surface area contributed by atoms with Crippen LogP contribution in [-0.2, 0) is 9.53 Å². The van der Waals surface area contributed by atoms with Crippen LogP contribution < -0.4 is 0 Å². The van der Waals surface area contributed by atoms with Gasteiger partial charge in [0, 0.05) is 8.58 Å². The fourth-order valence-corrected chi connectivity index (χ4v) is 1.36. The molecule has 1 atom stereocenters. The van der Waals surface area contributed by atoms with Gasteiger partial charge >= 0.3 is 5.97 Å². The normalized spacial score (nSPS) is 16.6. The van der Waals surface area contributed by atoms with E-state index in [2.05, 4.69) is 20.7 Å². The number of hydrogen-bond acceptors (Lipinski definition) is 2. The zero-order valence-electron chi connectivity index (χ0n) is 10.1. The Kier molecular flexibility index (Phi) is 2.24. The van der Waals surface area contributed by atoms with Gasteiger partial charge in [0.1, 0.15) is 0 Å². The van der Waals surface area contributed by atoms with Crippen molar-refractivity contribution in [2.75, 3.05) is 7.11 Å². The molecule has 0 saturated heterocycles. The van der Waals surface area contributed by atoms with Gasteiger partial charge in [-0.15, -0.1) is 0 Å². The molecule has 1 aromatic carbocycles. The summed E-state index contributed by atoms with van der Waals surface area (Å²) in [6, 6.07) is 6.64. The highest BCUT2D eigenvalue weighted by atomic mass is 79.9. The van der Waals surface area contributed by atoms with Crippen LogP contribution in [0.25, 0.3) is 0 Å². The summed E-state index contributed by atoms with van der Waals surface area (Å²) in [5.41, 5.74) is 0.418. The molecule has 0 aliphatic heterocycles. The van der Waals surface area contributed by atoms with E-state index in [9.17, 15) is 4.79 Å². The van der Waals surface area contributed by atoms with Crippen LogP contribution in [-0.4, -0.2) is 13.1 Å². The molecule has 0 amide bonds. The summed E-state index contributed by atoms with van der Waals surface area (Å²) in [4.78, 5) is 11.5. The molecule has 2 nitrogen and oxygen atoms in total. The van der Waals surface area contributed by atoms with Crippen molar-refractivity contribution in [2.45, 2.75) is 12.8 Å². The van der Waals surface area contributed by atoms with Crippen LogP contribution in [0.3, 0.4) is 0 Å². The summed E-state index contributed by atoms with van der Waals surface area (Å²) < 4.78 is 27.3. The first-order valence-electron chi connectivity index (χ1n) is 5.19. The first-order chi connectivity index (χ1) is 7.36. The fourth-order valence-electron chi connectivity index (χ4n) is 0.940. The van der Waals surface area contributed by atoms with Crippen molar-refractivity contribution in [2.24, 2.45) is 0 Å². The smallest absolute Gasteiger partial charge is 0.312 e. The van der Waals surface area contributed by atoms with Crippen LogP contribution in [0.2, 0.25) is 0 Å². The summed E-state index contributed by atoms with van der Waals surface area (Å²) in [6.45, 7) is -2.41. The van der Waals surface area contributed by atoms with E-state index in [-0.39, 0.29) is 0 Å². The Hall–Kier alpha value is -0.830. The lowest BCUT2D eigenvalue weighted by Gasteiger charge is -2.09. The van der Waals surface area contributed by atoms with Gasteiger partial charge in [0.2, 0.25) is 0 Å². The first-order valence-corrected chi connectivity index (χ1v) is 4.49. The SMILES string of the molecule is [2H]C([2H])([2H])C(C(=O)OC)c1cccc(Br)c1. The molecule has 0 fully saturated rings. The average molecular weight is 246 g/mol. The average Bonchev–Trinajstić information content (AvgIpc) is 2.15. The van der Waals surface area contributed by atoms with Crippen LogP contribution in [0, 0.1) is 0 Å². The summed E-state index contributed by atoms with van der Waals surface area (Å²) in [5, 5.41) is 0. The van der Waals surface area contributed by atoms with Crippen LogP contribution in [0.5, 0.6) is 0 Å². The van der Waals surface area contributed by atoms with E-state index in [0.717, 1.165) is 4.47 Å². The monoisotopic (exact) mass is 245 g/mol. The maximum Gasteiger partial charge on any atom is 0.312 e. The molecule has 0 N–H and O–H groups in total. The van der Waals surface area contributed by atoms with E-state index in [1.54, 1.807) is 24.3 Å². The quantitative estimate of drug-likeness (QED) is 0.750. The molecule has 0 saturated carbocycles. The van der Waals surface area contributed by atoms with Crippen LogP contribution in [0.15, 0.2) is 28.7 Å². The third-order valence-corrected chi connectivity index (χ3v) is 2.11. The van der Waals surface area contributed by atoms with Crippen molar-refractivity contribution in [3.05, 3.63) is 34.3 Å². The first kappa shape index (κ1) is 6.60. The third kappa shape index (κ3) is 2.56. The lowest BCUT2D eigenvalue weighted by Crippen LogP contribution is -2.10. The summed E-state index contributed by atoms with van der Waals surface area (Å²) in [5.74, 6) is -1.99. The Morgan fingerprint density at radius 2 is 2.46 bits per heavy atom. The number of halogens is 1. The largest absolute Gasteiger partial charge is 0.469 e. The Morgan fingerprint density at radius 3 is 3.00 bits per heavy atom. The molecule has 70 valence electrons. The molecule has 0 spiro atoms. The number of methoxy groups -OCH3 is 1. The molecular weight excluding hydrogens is 232 g/mol. The van der Waals surface area contributed by atoms with Crippen molar-refractivity contribution in [3.63, 3.8) is 0 Å². The molecule has 0 bridgehead atoms. The number of hydrogen-bond donors (Lipinski definition) is 0. The molecule has 0 aliphatic carbocycles. The molecule has 0 heterocycles. The molecule has 3 heteroatoms. The zero-order chi connectivity index (χ0) is 12.3. The second kappa shape index (κ2) is 4.42. The topological polar surface area (TPSA) is 26.3 Å². The van der Waals surface area contributed by atoms with Crippen molar-refractivity contribution in [3.8, 4) is 0 Å². The van der Waals surface area contributed by atoms with E-state index in [1.807, 2.05) is 0 Å². The molecular formula is C10H11BrO2. The van der Waals surface area contributed by atoms with Gasteiger partial charge in [-0.3, -0.25) is 4.79 Å². The Bertz CT molecular complexity index is 390. The van der Waals surface area contributed by atoms with Gasteiger partial charge in [0.25, 0.3) is 0 Å². The molecule has 1 aromatic rings. The molecule has 0 aromatic heterocycles. The third-order valence-electron chi connectivity index (χ3n) is 1.62. The maximum absolute atomic E-state index is 11.5. The highest BCUT2D eigenvalue weighted by Crippen LogP contribution is 2.20. The second-order valence-electron chi connectivity index (χ2n) is 2.51. The minimum absolute atomic E-state index is 0.418. The van der Waals surface area contributed by atoms with Crippen molar-refractivity contribution in [1.82, 2.24) is 0 Å². The summed E-state index contributed by atoms with van der Waals surface area (Å²) >= 11 is 3.23. The standard InChI is InChI=1S/C10H11BrO2/c1-7(10(12)13-2)8-4-3-5-9(11)6-8/h3-7H,1-2H3/i1D3. The molecule has 0 aliphatic rings. The zero-order valence-corrected chi connectivity index (χ0v) is 8.67. The maximum atomic E-state index is 11.5. The molecule has 13 heavy (non-hydrogen) atoms. The fraction of sp³-hybridized carbons (Fsp3) is 0.300. The van der Waals surface area contributed by atoms with Gasteiger partial charge in [-0.1, -0.05) is 28.1 Å². The van der Waals surface area contributed by atoms with Crippen molar-refractivity contribution >= 4 is 21.9 Å². The number of esters is 1. The Morgan fingerprint density at radius 1 is 1.69 bits per heavy atom. The van der Waals surface area contributed by atoms with Gasteiger partial charge in [0.15, 0.2) is 0 Å². The molecule has 0 radical (unpaired) electrons. The predicted molar refractivity (Wildman–Crippen MR) is 54.6 cm³/mol. The molecule has 1 rings (SSSR count). The lowest BCUT2D eigenvalue weighted by molar-refractivity contribution is -0.141. The molecule has 1 unspecified atom stereocenters. The number of benzene rings is 1. The van der Waals surface area contributed by atoms with Gasteiger partial charge in [-0.2, -0.15) is 0 Å². The van der Waals surface area contributed by atoms with Gasteiger partial charge in [0.05, 0.1) is 13.0 Å². The van der Waals surface area contributed by atoms with E-state index >= 15 is 0 Å². The number of carbonyl (C=O) groups is 1. The van der Waals surface area contributed by atoms with Crippen molar-refractivity contribution < 1.29 is 13.6 Å². The van der Waals surface area contributed by atoms with E-state index in [4.69, 9.17) is 4.11 Å². The van der Waals surface area contributed by atoms with Gasteiger partial charge in [-0.05, 0) is 24.5 Å². The Labute approximate surface area is 90.2 Å². The number of ether oxygens (including phenoxy) is 1.